The van der Waals surface area contributed by atoms with Crippen molar-refractivity contribution in [3.05, 3.63) is 0 Å². The van der Waals surface area contributed by atoms with Gasteiger partial charge in [-0.2, -0.15) is 0 Å². The van der Waals surface area contributed by atoms with Gasteiger partial charge in [-0.1, -0.05) is 18.7 Å². The zero-order valence-corrected chi connectivity index (χ0v) is 7.39. The summed E-state index contributed by atoms with van der Waals surface area (Å²) in [4.78, 5) is 4.35. The Morgan fingerprint density at radius 1 is 1.89 bits per heavy atom. The maximum atomic E-state index is 4.35. The fraction of sp³-hybridized carbons (Fsp3) is 0.833. The first-order chi connectivity index (χ1) is 4.36. The molecule has 0 spiro atoms. The summed E-state index contributed by atoms with van der Waals surface area (Å²) < 4.78 is 1.27. The highest BCUT2D eigenvalue weighted by atomic mass is 32.2. The van der Waals surface area contributed by atoms with Gasteiger partial charge in [0.25, 0.3) is 0 Å². The van der Waals surface area contributed by atoms with Crippen LogP contribution in [0.3, 0.4) is 0 Å². The molecule has 1 unspecified atom stereocenters. The Morgan fingerprint density at radius 2 is 2.67 bits per heavy atom. The highest BCUT2D eigenvalue weighted by molar-refractivity contribution is 8.39. The Balaban J connectivity index is 2.31. The molecule has 0 aromatic carbocycles. The average molecular weight is 161 g/mol. The summed E-state index contributed by atoms with van der Waals surface area (Å²) in [6, 6.07) is 0. The number of aliphatic imine (C=N–C) groups is 1. The average Bonchev–Trinajstić information content (AvgIpc) is 2.34. The van der Waals surface area contributed by atoms with Crippen LogP contribution in [0.15, 0.2) is 4.99 Å². The fourth-order valence-electron chi connectivity index (χ4n) is 0.719. The monoisotopic (exact) mass is 161 g/mol. The van der Waals surface area contributed by atoms with Crippen LogP contribution in [-0.4, -0.2) is 22.4 Å². The molecule has 1 nitrogen and oxygen atoms in total. The van der Waals surface area contributed by atoms with Crippen LogP contribution in [0, 0.1) is 0 Å². The van der Waals surface area contributed by atoms with Gasteiger partial charge in [0, 0.05) is 5.25 Å². The quantitative estimate of drug-likeness (QED) is 0.584. The normalized spacial score (nSPS) is 26.4. The number of hydrogen-bond acceptors (Lipinski definition) is 3. The van der Waals surface area contributed by atoms with Gasteiger partial charge in [0.1, 0.15) is 4.38 Å². The van der Waals surface area contributed by atoms with E-state index in [9.17, 15) is 0 Å². The van der Waals surface area contributed by atoms with Crippen molar-refractivity contribution in [1.29, 1.82) is 0 Å². The van der Waals surface area contributed by atoms with Gasteiger partial charge >= 0.3 is 0 Å². The lowest BCUT2D eigenvalue weighted by molar-refractivity contribution is 0.844. The molecule has 0 fully saturated rings. The van der Waals surface area contributed by atoms with Crippen molar-refractivity contribution in [2.45, 2.75) is 18.6 Å². The maximum absolute atomic E-state index is 4.35. The molecule has 0 bridgehead atoms. The summed E-state index contributed by atoms with van der Waals surface area (Å²) >= 11 is 3.69. The van der Waals surface area contributed by atoms with Gasteiger partial charge in [-0.15, -0.1) is 11.8 Å². The second-order valence-electron chi connectivity index (χ2n) is 1.96. The van der Waals surface area contributed by atoms with E-state index in [1.54, 1.807) is 11.8 Å². The zero-order chi connectivity index (χ0) is 6.69. The smallest absolute Gasteiger partial charge is 0.124 e. The third kappa shape index (κ3) is 1.90. The minimum atomic E-state index is 0.771. The van der Waals surface area contributed by atoms with E-state index in [0.717, 1.165) is 11.8 Å². The highest BCUT2D eigenvalue weighted by Gasteiger charge is 2.15. The Morgan fingerprint density at radius 3 is 3.00 bits per heavy atom. The molecular weight excluding hydrogens is 150 g/mol. The summed E-state index contributed by atoms with van der Waals surface area (Å²) in [5, 5.41) is 0.771. The van der Waals surface area contributed by atoms with Crippen LogP contribution in [0.1, 0.15) is 13.3 Å². The Labute approximate surface area is 64.7 Å². The lowest BCUT2D eigenvalue weighted by atomic mass is 10.3. The zero-order valence-electron chi connectivity index (χ0n) is 5.76. The van der Waals surface area contributed by atoms with Crippen molar-refractivity contribution in [2.24, 2.45) is 4.99 Å². The van der Waals surface area contributed by atoms with Crippen LogP contribution < -0.4 is 0 Å². The molecule has 1 aliphatic rings. The SMILES string of the molecule is CCC1CN=C(SC)S1. The van der Waals surface area contributed by atoms with Crippen molar-refractivity contribution >= 4 is 27.9 Å². The fourth-order valence-corrected chi connectivity index (χ4v) is 2.47. The summed E-state index contributed by atoms with van der Waals surface area (Å²) in [6.07, 6.45) is 3.34. The Kier molecular flexibility index (Phi) is 2.92. The predicted molar refractivity (Wildman–Crippen MR) is 47.5 cm³/mol. The molecule has 0 saturated heterocycles. The van der Waals surface area contributed by atoms with Gasteiger partial charge in [-0.05, 0) is 12.7 Å². The van der Waals surface area contributed by atoms with Gasteiger partial charge < -0.3 is 0 Å². The molecule has 1 aliphatic heterocycles. The summed E-state index contributed by atoms with van der Waals surface area (Å²) in [5.41, 5.74) is 0. The van der Waals surface area contributed by atoms with Crippen molar-refractivity contribution in [3.8, 4) is 0 Å². The van der Waals surface area contributed by atoms with Crippen molar-refractivity contribution in [3.63, 3.8) is 0 Å². The predicted octanol–water partition coefficient (Wildman–Crippen LogP) is 2.23. The Hall–Kier alpha value is 0.370. The second kappa shape index (κ2) is 3.52. The van der Waals surface area contributed by atoms with Crippen LogP contribution >= 0.6 is 23.5 Å². The van der Waals surface area contributed by atoms with E-state index in [2.05, 4.69) is 18.2 Å². The van der Waals surface area contributed by atoms with Gasteiger partial charge in [0.2, 0.25) is 0 Å². The molecular formula is C6H11NS2. The van der Waals surface area contributed by atoms with E-state index in [4.69, 9.17) is 0 Å². The maximum Gasteiger partial charge on any atom is 0.124 e. The van der Waals surface area contributed by atoms with E-state index in [0.29, 0.717) is 0 Å². The molecule has 9 heavy (non-hydrogen) atoms. The van der Waals surface area contributed by atoms with Crippen LogP contribution in [0.2, 0.25) is 0 Å². The molecule has 1 heterocycles. The van der Waals surface area contributed by atoms with Crippen molar-refractivity contribution in [1.82, 2.24) is 0 Å². The molecule has 0 aromatic rings. The first-order valence-corrected chi connectivity index (χ1v) is 5.22. The summed E-state index contributed by atoms with van der Waals surface area (Å²) in [6.45, 7) is 3.26. The molecule has 52 valence electrons. The van der Waals surface area contributed by atoms with Gasteiger partial charge in [0.15, 0.2) is 0 Å². The van der Waals surface area contributed by atoms with Crippen LogP contribution in [0.5, 0.6) is 0 Å². The summed E-state index contributed by atoms with van der Waals surface area (Å²) in [7, 11) is 0. The first-order valence-electron chi connectivity index (χ1n) is 3.12. The number of thioether (sulfide) groups is 2. The molecule has 1 atom stereocenters. The minimum absolute atomic E-state index is 0.771. The van der Waals surface area contributed by atoms with E-state index < -0.39 is 0 Å². The molecule has 3 heteroatoms. The first kappa shape index (κ1) is 7.48. The third-order valence-electron chi connectivity index (χ3n) is 1.32. The van der Waals surface area contributed by atoms with Gasteiger partial charge in [0.05, 0.1) is 6.54 Å². The van der Waals surface area contributed by atoms with Gasteiger partial charge in [-0.3, -0.25) is 4.99 Å². The lowest BCUT2D eigenvalue weighted by Crippen LogP contribution is -1.98. The van der Waals surface area contributed by atoms with Crippen LogP contribution in [0.25, 0.3) is 0 Å². The summed E-state index contributed by atoms with van der Waals surface area (Å²) in [5.74, 6) is 0. The second-order valence-corrected chi connectivity index (χ2v) is 4.30. The molecule has 0 aromatic heterocycles. The minimum Gasteiger partial charge on any atom is -0.271 e. The van der Waals surface area contributed by atoms with E-state index in [-0.39, 0.29) is 0 Å². The number of rotatable bonds is 1. The Bertz CT molecular complexity index is 122. The topological polar surface area (TPSA) is 12.4 Å². The number of hydrogen-bond donors (Lipinski definition) is 0. The molecule has 0 aliphatic carbocycles. The number of nitrogens with zero attached hydrogens (tertiary/aromatic N) is 1. The van der Waals surface area contributed by atoms with Crippen molar-refractivity contribution in [2.75, 3.05) is 12.8 Å². The molecule has 1 rings (SSSR count). The third-order valence-corrected chi connectivity index (χ3v) is 3.73. The highest BCUT2D eigenvalue weighted by Crippen LogP contribution is 2.28. The van der Waals surface area contributed by atoms with Crippen LogP contribution in [0.4, 0.5) is 0 Å². The molecule has 0 radical (unpaired) electrons. The van der Waals surface area contributed by atoms with E-state index >= 15 is 0 Å². The van der Waals surface area contributed by atoms with Crippen LogP contribution in [-0.2, 0) is 0 Å². The molecule has 0 saturated carbocycles. The van der Waals surface area contributed by atoms with Crippen molar-refractivity contribution < 1.29 is 0 Å². The largest absolute Gasteiger partial charge is 0.271 e. The molecule has 0 N–H and O–H groups in total. The molecule has 0 amide bonds. The lowest BCUT2D eigenvalue weighted by Gasteiger charge is -2.00. The van der Waals surface area contributed by atoms with E-state index in [1.807, 2.05) is 11.8 Å². The van der Waals surface area contributed by atoms with Gasteiger partial charge in [-0.25, -0.2) is 0 Å². The van der Waals surface area contributed by atoms with E-state index in [1.165, 1.54) is 10.8 Å². The standard InChI is InChI=1S/C6H11NS2/c1-3-5-4-7-6(8-2)9-5/h5H,3-4H2,1-2H3.